The van der Waals surface area contributed by atoms with Crippen LogP contribution < -0.4 is 5.73 Å². The fourth-order valence-corrected chi connectivity index (χ4v) is 3.94. The second-order valence-corrected chi connectivity index (χ2v) is 6.58. The van der Waals surface area contributed by atoms with Crippen LogP contribution in [0.15, 0.2) is 18.2 Å². The number of rotatable bonds is 3. The minimum Gasteiger partial charge on any atom is -0.375 e. The molecule has 1 saturated heterocycles. The molecule has 3 nitrogen and oxygen atoms in total. The second-order valence-electron chi connectivity index (χ2n) is 5.51. The van der Waals surface area contributed by atoms with Gasteiger partial charge in [-0.05, 0) is 43.9 Å². The van der Waals surface area contributed by atoms with E-state index >= 15 is 0 Å². The largest absolute Gasteiger partial charge is 0.375 e. The highest BCUT2D eigenvalue weighted by molar-refractivity contribution is 7.22. The first-order valence-electron chi connectivity index (χ1n) is 7.08. The predicted octanol–water partition coefficient (Wildman–Crippen LogP) is 3.64. The molecule has 3 rings (SSSR count). The molecule has 102 valence electrons. The van der Waals surface area contributed by atoms with Crippen LogP contribution in [0.25, 0.3) is 10.2 Å². The average Bonchev–Trinajstić information content (AvgIpc) is 2.92. The van der Waals surface area contributed by atoms with Crippen LogP contribution in [0.2, 0.25) is 0 Å². The van der Waals surface area contributed by atoms with Crippen molar-refractivity contribution in [3.8, 4) is 0 Å². The quantitative estimate of drug-likeness (QED) is 0.930. The van der Waals surface area contributed by atoms with Crippen molar-refractivity contribution in [3.63, 3.8) is 0 Å². The number of nitrogens with two attached hydrogens (primary N) is 1. The van der Waals surface area contributed by atoms with E-state index in [2.05, 4.69) is 41.9 Å². The van der Waals surface area contributed by atoms with Gasteiger partial charge in [0, 0.05) is 18.6 Å². The molecule has 2 unspecified atom stereocenters. The van der Waals surface area contributed by atoms with Gasteiger partial charge in [0.2, 0.25) is 0 Å². The molecule has 1 aliphatic rings. The number of fused-ring (bicyclic) bond motifs is 1. The standard InChI is InChI=1S/C15H21N3S/c1-3-12-6-4-10(2)18(12)9-11-5-7-13-14(8-11)19-15(16)17-13/h5,7-8,10,12H,3-4,6,9H2,1-2H3,(H2,16,17). The van der Waals surface area contributed by atoms with Crippen molar-refractivity contribution in [2.24, 2.45) is 0 Å². The van der Waals surface area contributed by atoms with Gasteiger partial charge in [0.05, 0.1) is 10.2 Å². The van der Waals surface area contributed by atoms with Crippen molar-refractivity contribution in [1.29, 1.82) is 0 Å². The Bertz CT molecular complexity index is 578. The molecule has 1 aliphatic heterocycles. The Labute approximate surface area is 118 Å². The number of aromatic nitrogens is 1. The minimum atomic E-state index is 0.660. The molecule has 0 radical (unpaired) electrons. The maximum absolute atomic E-state index is 5.77. The molecule has 0 bridgehead atoms. The summed E-state index contributed by atoms with van der Waals surface area (Å²) in [6.45, 7) is 5.69. The summed E-state index contributed by atoms with van der Waals surface area (Å²) in [5.41, 5.74) is 8.17. The zero-order valence-electron chi connectivity index (χ0n) is 11.6. The van der Waals surface area contributed by atoms with Crippen molar-refractivity contribution in [2.45, 2.75) is 51.7 Å². The van der Waals surface area contributed by atoms with Crippen molar-refractivity contribution in [1.82, 2.24) is 9.88 Å². The molecule has 2 heterocycles. The molecule has 1 aromatic heterocycles. The SMILES string of the molecule is CCC1CCC(C)N1Cc1ccc2nc(N)sc2c1. The van der Waals surface area contributed by atoms with E-state index in [1.165, 1.54) is 29.5 Å². The van der Waals surface area contributed by atoms with Gasteiger partial charge in [-0.25, -0.2) is 4.98 Å². The lowest BCUT2D eigenvalue weighted by Gasteiger charge is -2.27. The van der Waals surface area contributed by atoms with Gasteiger partial charge in [-0.2, -0.15) is 0 Å². The highest BCUT2D eigenvalue weighted by atomic mass is 32.1. The first-order valence-corrected chi connectivity index (χ1v) is 7.89. The van der Waals surface area contributed by atoms with E-state index in [0.29, 0.717) is 11.2 Å². The number of thiazole rings is 1. The first-order chi connectivity index (χ1) is 9.17. The zero-order chi connectivity index (χ0) is 13.4. The molecule has 4 heteroatoms. The van der Waals surface area contributed by atoms with Crippen LogP contribution in [0.5, 0.6) is 0 Å². The zero-order valence-corrected chi connectivity index (χ0v) is 12.4. The van der Waals surface area contributed by atoms with Crippen molar-refractivity contribution in [2.75, 3.05) is 5.73 Å². The lowest BCUT2D eigenvalue weighted by atomic mass is 10.1. The Balaban J connectivity index is 1.84. The van der Waals surface area contributed by atoms with Crippen LogP contribution in [0, 0.1) is 0 Å². The predicted molar refractivity (Wildman–Crippen MR) is 82.4 cm³/mol. The van der Waals surface area contributed by atoms with Crippen molar-refractivity contribution >= 4 is 26.7 Å². The average molecular weight is 275 g/mol. The summed E-state index contributed by atoms with van der Waals surface area (Å²) in [6.07, 6.45) is 3.92. The van der Waals surface area contributed by atoms with Crippen molar-refractivity contribution < 1.29 is 0 Å². The normalized spacial score (nSPS) is 24.3. The van der Waals surface area contributed by atoms with Crippen LogP contribution in [0.3, 0.4) is 0 Å². The molecular weight excluding hydrogens is 254 g/mol. The molecule has 2 aromatic rings. The lowest BCUT2D eigenvalue weighted by molar-refractivity contribution is 0.190. The Morgan fingerprint density at radius 1 is 1.42 bits per heavy atom. The van der Waals surface area contributed by atoms with Crippen LogP contribution in [-0.2, 0) is 6.54 Å². The number of nitrogen functional groups attached to an aromatic ring is 1. The summed E-state index contributed by atoms with van der Waals surface area (Å²) in [5.74, 6) is 0. The maximum atomic E-state index is 5.77. The molecule has 0 aliphatic carbocycles. The Kier molecular flexibility index (Phi) is 3.46. The van der Waals surface area contributed by atoms with Crippen LogP contribution >= 0.6 is 11.3 Å². The van der Waals surface area contributed by atoms with Crippen LogP contribution in [-0.4, -0.2) is 22.0 Å². The third-order valence-corrected chi connectivity index (χ3v) is 5.11. The van der Waals surface area contributed by atoms with E-state index in [1.54, 1.807) is 11.3 Å². The number of hydrogen-bond acceptors (Lipinski definition) is 4. The summed E-state index contributed by atoms with van der Waals surface area (Å²) in [7, 11) is 0. The van der Waals surface area contributed by atoms with Crippen molar-refractivity contribution in [3.05, 3.63) is 23.8 Å². The third-order valence-electron chi connectivity index (χ3n) is 4.26. The number of likely N-dealkylation sites (tertiary alicyclic amines) is 1. The van der Waals surface area contributed by atoms with E-state index in [4.69, 9.17) is 5.73 Å². The number of anilines is 1. The lowest BCUT2D eigenvalue weighted by Crippen LogP contribution is -2.33. The Morgan fingerprint density at radius 3 is 3.05 bits per heavy atom. The smallest absolute Gasteiger partial charge is 0.181 e. The summed E-state index contributed by atoms with van der Waals surface area (Å²) in [5, 5.41) is 0.660. The molecule has 0 spiro atoms. The van der Waals surface area contributed by atoms with E-state index in [9.17, 15) is 0 Å². The number of hydrogen-bond donors (Lipinski definition) is 1. The topological polar surface area (TPSA) is 42.2 Å². The molecule has 0 saturated carbocycles. The summed E-state index contributed by atoms with van der Waals surface area (Å²) >= 11 is 1.58. The monoisotopic (exact) mass is 275 g/mol. The van der Waals surface area contributed by atoms with Crippen LogP contribution in [0.1, 0.15) is 38.7 Å². The number of nitrogens with zero attached hydrogens (tertiary/aromatic N) is 2. The van der Waals surface area contributed by atoms with E-state index in [1.807, 2.05) is 0 Å². The van der Waals surface area contributed by atoms with Gasteiger partial charge in [-0.1, -0.05) is 24.3 Å². The van der Waals surface area contributed by atoms with E-state index in [-0.39, 0.29) is 0 Å². The first kappa shape index (κ1) is 12.9. The van der Waals surface area contributed by atoms with E-state index < -0.39 is 0 Å². The summed E-state index contributed by atoms with van der Waals surface area (Å²) in [6, 6.07) is 7.99. The van der Waals surface area contributed by atoms with Gasteiger partial charge in [-0.15, -0.1) is 0 Å². The Morgan fingerprint density at radius 2 is 2.26 bits per heavy atom. The maximum Gasteiger partial charge on any atom is 0.181 e. The highest BCUT2D eigenvalue weighted by Crippen LogP contribution is 2.30. The van der Waals surface area contributed by atoms with Gasteiger partial charge in [0.25, 0.3) is 0 Å². The van der Waals surface area contributed by atoms with Gasteiger partial charge < -0.3 is 5.73 Å². The fourth-order valence-electron chi connectivity index (χ4n) is 3.14. The molecule has 1 fully saturated rings. The third kappa shape index (κ3) is 2.47. The molecular formula is C15H21N3S. The molecule has 2 atom stereocenters. The van der Waals surface area contributed by atoms with E-state index in [0.717, 1.165) is 18.1 Å². The van der Waals surface area contributed by atoms with Gasteiger partial charge in [0.15, 0.2) is 5.13 Å². The second kappa shape index (κ2) is 5.10. The van der Waals surface area contributed by atoms with Gasteiger partial charge >= 0.3 is 0 Å². The summed E-state index contributed by atoms with van der Waals surface area (Å²) in [4.78, 5) is 6.96. The molecule has 19 heavy (non-hydrogen) atoms. The minimum absolute atomic E-state index is 0.660. The van der Waals surface area contributed by atoms with Crippen LogP contribution in [0.4, 0.5) is 5.13 Å². The molecule has 1 aromatic carbocycles. The highest BCUT2D eigenvalue weighted by Gasteiger charge is 2.28. The molecule has 2 N–H and O–H groups in total. The molecule has 0 amide bonds. The van der Waals surface area contributed by atoms with Gasteiger partial charge in [0.1, 0.15) is 0 Å². The number of benzene rings is 1. The Hall–Kier alpha value is -1.13. The summed E-state index contributed by atoms with van der Waals surface area (Å²) < 4.78 is 1.20. The van der Waals surface area contributed by atoms with Gasteiger partial charge in [-0.3, -0.25) is 4.90 Å². The fraction of sp³-hybridized carbons (Fsp3) is 0.533.